The van der Waals surface area contributed by atoms with Gasteiger partial charge in [0.15, 0.2) is 0 Å². The lowest BCUT2D eigenvalue weighted by Crippen LogP contribution is -2.49. The minimum Gasteiger partial charge on any atom is -0.443 e. The maximum Gasteiger partial charge on any atom is 0.412 e. The first-order valence-corrected chi connectivity index (χ1v) is 5.06. The smallest absolute Gasteiger partial charge is 0.412 e. The van der Waals surface area contributed by atoms with Gasteiger partial charge in [0.05, 0.1) is 10.7 Å². The fraction of sp³-hybridized carbons (Fsp3) is 0.300. The predicted octanol–water partition coefficient (Wildman–Crippen LogP) is 1.86. The highest BCUT2D eigenvalue weighted by atomic mass is 35.5. The van der Waals surface area contributed by atoms with Crippen molar-refractivity contribution >= 4 is 23.4 Å². The van der Waals surface area contributed by atoms with Crippen LogP contribution in [-0.4, -0.2) is 25.3 Å². The summed E-state index contributed by atoms with van der Waals surface area (Å²) < 4.78 is 5.07. The van der Waals surface area contributed by atoms with E-state index in [1.165, 1.54) is 0 Å². The number of ether oxygens (including phenoxy) is 1. The number of amides is 1. The second-order valence-corrected chi connectivity index (χ2v) is 3.70. The van der Waals surface area contributed by atoms with Crippen LogP contribution in [0.25, 0.3) is 0 Å². The van der Waals surface area contributed by atoms with Gasteiger partial charge in [-0.2, -0.15) is 0 Å². The number of hydrogen-bond acceptors (Lipinski definition) is 3. The van der Waals surface area contributed by atoms with Crippen LogP contribution in [0.15, 0.2) is 24.3 Å². The molecule has 2 rings (SSSR count). The van der Waals surface area contributed by atoms with Crippen LogP contribution < -0.4 is 10.6 Å². The Bertz CT molecular complexity index is 366. The van der Waals surface area contributed by atoms with Crippen molar-refractivity contribution in [1.82, 2.24) is 5.32 Å². The highest BCUT2D eigenvalue weighted by Crippen LogP contribution is 2.20. The molecule has 0 aliphatic carbocycles. The maximum absolute atomic E-state index is 11.3. The van der Waals surface area contributed by atoms with Gasteiger partial charge in [-0.05, 0) is 12.1 Å². The minimum absolute atomic E-state index is 0.0208. The van der Waals surface area contributed by atoms with Gasteiger partial charge >= 0.3 is 6.09 Å². The minimum atomic E-state index is -0.463. The van der Waals surface area contributed by atoms with E-state index in [1.54, 1.807) is 24.3 Å². The Labute approximate surface area is 92.6 Å². The largest absolute Gasteiger partial charge is 0.443 e. The van der Waals surface area contributed by atoms with Gasteiger partial charge in [-0.1, -0.05) is 23.7 Å². The average molecular weight is 227 g/mol. The third kappa shape index (κ3) is 2.61. The predicted molar refractivity (Wildman–Crippen MR) is 58.2 cm³/mol. The zero-order valence-electron chi connectivity index (χ0n) is 8.00. The third-order valence-electron chi connectivity index (χ3n) is 2.13. The summed E-state index contributed by atoms with van der Waals surface area (Å²) in [6.45, 7) is 1.44. The number of para-hydroxylation sites is 1. The van der Waals surface area contributed by atoms with E-state index in [1.807, 2.05) is 0 Å². The van der Waals surface area contributed by atoms with E-state index in [0.29, 0.717) is 10.7 Å². The summed E-state index contributed by atoms with van der Waals surface area (Å²) in [6.07, 6.45) is -0.484. The second-order valence-electron chi connectivity index (χ2n) is 3.29. The fourth-order valence-electron chi connectivity index (χ4n) is 1.20. The lowest BCUT2D eigenvalue weighted by Gasteiger charge is -2.26. The molecule has 0 aromatic heterocycles. The third-order valence-corrected chi connectivity index (χ3v) is 2.46. The zero-order valence-corrected chi connectivity index (χ0v) is 8.75. The molecule has 1 aliphatic rings. The Balaban J connectivity index is 1.90. The molecule has 0 spiro atoms. The standard InChI is InChI=1S/C10H11ClN2O2/c11-8-3-1-2-4-9(8)13-10(14)15-7-5-12-6-7/h1-4,7,12H,5-6H2,(H,13,14). The molecule has 0 atom stereocenters. The molecule has 1 aliphatic heterocycles. The van der Waals surface area contributed by atoms with Gasteiger partial charge in [0.2, 0.25) is 0 Å². The quantitative estimate of drug-likeness (QED) is 0.810. The summed E-state index contributed by atoms with van der Waals surface area (Å²) in [6, 6.07) is 7.03. The summed E-state index contributed by atoms with van der Waals surface area (Å²) in [5.74, 6) is 0. The molecule has 1 aromatic carbocycles. The number of carbonyl (C=O) groups excluding carboxylic acids is 1. The van der Waals surface area contributed by atoms with Crippen LogP contribution in [0.5, 0.6) is 0 Å². The molecule has 1 aromatic rings. The molecule has 0 radical (unpaired) electrons. The van der Waals surface area contributed by atoms with E-state index in [2.05, 4.69) is 10.6 Å². The van der Waals surface area contributed by atoms with Crippen LogP contribution in [-0.2, 0) is 4.74 Å². The molecule has 4 nitrogen and oxygen atoms in total. The van der Waals surface area contributed by atoms with Crippen LogP contribution in [0.4, 0.5) is 10.5 Å². The Morgan fingerprint density at radius 3 is 2.80 bits per heavy atom. The van der Waals surface area contributed by atoms with E-state index in [9.17, 15) is 4.79 Å². The highest BCUT2D eigenvalue weighted by Gasteiger charge is 2.21. The van der Waals surface area contributed by atoms with Crippen molar-refractivity contribution in [3.8, 4) is 0 Å². The molecule has 1 heterocycles. The summed E-state index contributed by atoms with van der Waals surface area (Å²) in [5.41, 5.74) is 0.566. The number of halogens is 1. The van der Waals surface area contributed by atoms with E-state index in [-0.39, 0.29) is 6.10 Å². The summed E-state index contributed by atoms with van der Waals surface area (Å²) in [5, 5.41) is 6.10. The van der Waals surface area contributed by atoms with Gasteiger partial charge in [-0.15, -0.1) is 0 Å². The van der Waals surface area contributed by atoms with Crippen molar-refractivity contribution in [3.63, 3.8) is 0 Å². The molecule has 0 unspecified atom stereocenters. The number of rotatable bonds is 2. The van der Waals surface area contributed by atoms with Gasteiger partial charge < -0.3 is 10.1 Å². The lowest BCUT2D eigenvalue weighted by molar-refractivity contribution is 0.0778. The van der Waals surface area contributed by atoms with Gasteiger partial charge in [0.1, 0.15) is 6.10 Å². The number of benzene rings is 1. The van der Waals surface area contributed by atoms with E-state index >= 15 is 0 Å². The first-order chi connectivity index (χ1) is 7.25. The highest BCUT2D eigenvalue weighted by molar-refractivity contribution is 6.33. The summed E-state index contributed by atoms with van der Waals surface area (Å²) in [4.78, 5) is 11.3. The maximum atomic E-state index is 11.3. The van der Waals surface area contributed by atoms with Crippen LogP contribution in [0, 0.1) is 0 Å². The molecular formula is C10H11ClN2O2. The number of hydrogen-bond donors (Lipinski definition) is 2. The Hall–Kier alpha value is -1.26. The molecule has 1 saturated heterocycles. The Kier molecular flexibility index (Phi) is 3.08. The average Bonchev–Trinajstić information content (AvgIpc) is 2.16. The normalized spacial score (nSPS) is 15.5. The molecule has 5 heteroatoms. The molecule has 1 amide bonds. The number of nitrogens with one attached hydrogen (secondary N) is 2. The number of carbonyl (C=O) groups is 1. The van der Waals surface area contributed by atoms with Gasteiger partial charge in [0, 0.05) is 13.1 Å². The van der Waals surface area contributed by atoms with Gasteiger partial charge in [-0.3, -0.25) is 5.32 Å². The molecular weight excluding hydrogens is 216 g/mol. The van der Waals surface area contributed by atoms with Crippen molar-refractivity contribution in [2.45, 2.75) is 6.10 Å². The van der Waals surface area contributed by atoms with Crippen LogP contribution in [0.1, 0.15) is 0 Å². The Morgan fingerprint density at radius 2 is 2.20 bits per heavy atom. The van der Waals surface area contributed by atoms with Gasteiger partial charge in [0.25, 0.3) is 0 Å². The van der Waals surface area contributed by atoms with Crippen LogP contribution in [0.3, 0.4) is 0 Å². The van der Waals surface area contributed by atoms with Crippen molar-refractivity contribution in [3.05, 3.63) is 29.3 Å². The first kappa shape index (κ1) is 10.3. The van der Waals surface area contributed by atoms with Crippen molar-refractivity contribution in [1.29, 1.82) is 0 Å². The van der Waals surface area contributed by atoms with Crippen LogP contribution in [0.2, 0.25) is 5.02 Å². The molecule has 0 saturated carbocycles. The molecule has 1 fully saturated rings. The van der Waals surface area contributed by atoms with E-state index in [4.69, 9.17) is 16.3 Å². The topological polar surface area (TPSA) is 50.4 Å². The fourth-order valence-corrected chi connectivity index (χ4v) is 1.38. The molecule has 80 valence electrons. The monoisotopic (exact) mass is 226 g/mol. The molecule has 15 heavy (non-hydrogen) atoms. The Morgan fingerprint density at radius 1 is 1.47 bits per heavy atom. The zero-order chi connectivity index (χ0) is 10.7. The van der Waals surface area contributed by atoms with Gasteiger partial charge in [-0.25, -0.2) is 4.79 Å². The second kappa shape index (κ2) is 4.51. The summed E-state index contributed by atoms with van der Waals surface area (Å²) in [7, 11) is 0. The van der Waals surface area contributed by atoms with E-state index < -0.39 is 6.09 Å². The van der Waals surface area contributed by atoms with Crippen LogP contribution >= 0.6 is 11.6 Å². The number of anilines is 1. The summed E-state index contributed by atoms with van der Waals surface area (Å²) >= 11 is 5.87. The van der Waals surface area contributed by atoms with E-state index in [0.717, 1.165) is 13.1 Å². The first-order valence-electron chi connectivity index (χ1n) is 4.68. The van der Waals surface area contributed by atoms with Crippen molar-refractivity contribution in [2.75, 3.05) is 18.4 Å². The molecule has 2 N–H and O–H groups in total. The SMILES string of the molecule is O=C(Nc1ccccc1Cl)OC1CNC1. The van der Waals surface area contributed by atoms with Crippen molar-refractivity contribution in [2.24, 2.45) is 0 Å². The lowest BCUT2D eigenvalue weighted by atomic mass is 10.2. The van der Waals surface area contributed by atoms with Crippen molar-refractivity contribution < 1.29 is 9.53 Å². The molecule has 0 bridgehead atoms.